The predicted molar refractivity (Wildman–Crippen MR) is 61.8 cm³/mol. The van der Waals surface area contributed by atoms with Crippen molar-refractivity contribution in [1.29, 1.82) is 0 Å². The van der Waals surface area contributed by atoms with Gasteiger partial charge < -0.3 is 15.4 Å². The van der Waals surface area contributed by atoms with E-state index in [2.05, 4.69) is 4.74 Å². The fourth-order valence-corrected chi connectivity index (χ4v) is 1.21. The summed E-state index contributed by atoms with van der Waals surface area (Å²) in [6.45, 7) is 4.17. The number of hydrogen-bond acceptors (Lipinski definition) is 4. The van der Waals surface area contributed by atoms with Crippen molar-refractivity contribution >= 4 is 11.9 Å². The third-order valence-corrected chi connectivity index (χ3v) is 2.13. The Morgan fingerprint density at radius 3 is 2.38 bits per heavy atom. The van der Waals surface area contributed by atoms with Gasteiger partial charge in [-0.15, -0.1) is 0 Å². The third kappa shape index (κ3) is 7.23. The first kappa shape index (κ1) is 14.9. The Kier molecular flexibility index (Phi) is 6.03. The van der Waals surface area contributed by atoms with Gasteiger partial charge in [-0.25, -0.2) is 0 Å². The quantitative estimate of drug-likeness (QED) is 0.675. The summed E-state index contributed by atoms with van der Waals surface area (Å²) >= 11 is 0. The molecule has 0 aromatic carbocycles. The molecular formula is C11H22N2O3. The van der Waals surface area contributed by atoms with Gasteiger partial charge in [0.05, 0.1) is 7.11 Å². The Balaban J connectivity index is 3.84. The van der Waals surface area contributed by atoms with E-state index in [-0.39, 0.29) is 11.9 Å². The van der Waals surface area contributed by atoms with Crippen molar-refractivity contribution in [2.45, 2.75) is 38.6 Å². The van der Waals surface area contributed by atoms with Crippen molar-refractivity contribution in [2.24, 2.45) is 5.73 Å². The molecule has 0 aromatic rings. The van der Waals surface area contributed by atoms with Gasteiger partial charge in [0.15, 0.2) is 0 Å². The summed E-state index contributed by atoms with van der Waals surface area (Å²) in [5.41, 5.74) is 5.26. The number of methoxy groups -OCH3 is 1. The van der Waals surface area contributed by atoms with E-state index < -0.39 is 5.54 Å². The largest absolute Gasteiger partial charge is 0.469 e. The van der Waals surface area contributed by atoms with E-state index in [1.807, 2.05) is 13.8 Å². The van der Waals surface area contributed by atoms with E-state index in [0.29, 0.717) is 25.8 Å². The van der Waals surface area contributed by atoms with Crippen molar-refractivity contribution < 1.29 is 14.3 Å². The van der Waals surface area contributed by atoms with Crippen LogP contribution >= 0.6 is 0 Å². The molecule has 0 atom stereocenters. The SMILES string of the molecule is COC(=O)CCCN(C)C(=O)CC(C)(C)N. The normalized spacial score (nSPS) is 11.1. The van der Waals surface area contributed by atoms with Crippen molar-refractivity contribution in [3.8, 4) is 0 Å². The molecule has 2 N–H and O–H groups in total. The van der Waals surface area contributed by atoms with E-state index in [1.54, 1.807) is 11.9 Å². The maximum absolute atomic E-state index is 11.6. The molecule has 0 rings (SSSR count). The molecule has 5 heteroatoms. The Morgan fingerprint density at radius 2 is 1.94 bits per heavy atom. The maximum Gasteiger partial charge on any atom is 0.305 e. The fraction of sp³-hybridized carbons (Fsp3) is 0.818. The molecule has 0 heterocycles. The van der Waals surface area contributed by atoms with E-state index in [0.717, 1.165) is 0 Å². The van der Waals surface area contributed by atoms with Crippen molar-refractivity contribution in [3.63, 3.8) is 0 Å². The maximum atomic E-state index is 11.6. The lowest BCUT2D eigenvalue weighted by atomic mass is 10.0. The second kappa shape index (κ2) is 6.48. The average molecular weight is 230 g/mol. The highest BCUT2D eigenvalue weighted by Gasteiger charge is 2.19. The van der Waals surface area contributed by atoms with Crippen LogP contribution in [0.3, 0.4) is 0 Å². The summed E-state index contributed by atoms with van der Waals surface area (Å²) in [7, 11) is 3.07. The van der Waals surface area contributed by atoms with Crippen LogP contribution in [0.15, 0.2) is 0 Å². The molecule has 1 amide bonds. The van der Waals surface area contributed by atoms with Gasteiger partial charge in [-0.2, -0.15) is 0 Å². The number of hydrogen-bond donors (Lipinski definition) is 1. The summed E-state index contributed by atoms with van der Waals surface area (Å²) in [6, 6.07) is 0. The lowest BCUT2D eigenvalue weighted by Crippen LogP contribution is -2.40. The number of nitrogens with zero attached hydrogens (tertiary/aromatic N) is 1. The first-order valence-electron chi connectivity index (χ1n) is 5.36. The van der Waals surface area contributed by atoms with Crippen LogP contribution in [-0.2, 0) is 14.3 Å². The van der Waals surface area contributed by atoms with Crippen LogP contribution in [0.1, 0.15) is 33.1 Å². The Hall–Kier alpha value is -1.10. The van der Waals surface area contributed by atoms with Crippen LogP contribution in [0, 0.1) is 0 Å². The zero-order valence-corrected chi connectivity index (χ0v) is 10.6. The number of nitrogens with two attached hydrogens (primary N) is 1. The second-order valence-corrected chi connectivity index (χ2v) is 4.66. The van der Waals surface area contributed by atoms with Crippen LogP contribution in [0.4, 0.5) is 0 Å². The van der Waals surface area contributed by atoms with Gasteiger partial charge in [0.2, 0.25) is 5.91 Å². The monoisotopic (exact) mass is 230 g/mol. The standard InChI is InChI=1S/C11H22N2O3/c1-11(2,12)8-9(14)13(3)7-5-6-10(15)16-4/h5-8,12H2,1-4H3. The Morgan fingerprint density at radius 1 is 1.38 bits per heavy atom. The molecule has 0 fully saturated rings. The first-order valence-corrected chi connectivity index (χ1v) is 5.36. The van der Waals surface area contributed by atoms with Crippen LogP contribution in [0.25, 0.3) is 0 Å². The molecule has 0 radical (unpaired) electrons. The Bertz CT molecular complexity index is 246. The lowest BCUT2D eigenvalue weighted by Gasteiger charge is -2.23. The van der Waals surface area contributed by atoms with Crippen LogP contribution in [0.5, 0.6) is 0 Å². The molecule has 0 aliphatic carbocycles. The summed E-state index contributed by atoms with van der Waals surface area (Å²) in [5, 5.41) is 0. The van der Waals surface area contributed by atoms with Crippen LogP contribution < -0.4 is 5.73 Å². The molecule has 0 bridgehead atoms. The summed E-state index contributed by atoms with van der Waals surface area (Å²) < 4.78 is 4.51. The molecular weight excluding hydrogens is 208 g/mol. The molecule has 5 nitrogen and oxygen atoms in total. The smallest absolute Gasteiger partial charge is 0.305 e. The van der Waals surface area contributed by atoms with Gasteiger partial charge in [0.25, 0.3) is 0 Å². The highest BCUT2D eigenvalue weighted by molar-refractivity contribution is 5.77. The van der Waals surface area contributed by atoms with Gasteiger partial charge in [-0.05, 0) is 20.3 Å². The van der Waals surface area contributed by atoms with E-state index >= 15 is 0 Å². The topological polar surface area (TPSA) is 72.6 Å². The highest BCUT2D eigenvalue weighted by atomic mass is 16.5. The molecule has 16 heavy (non-hydrogen) atoms. The van der Waals surface area contributed by atoms with E-state index in [9.17, 15) is 9.59 Å². The zero-order chi connectivity index (χ0) is 12.8. The third-order valence-electron chi connectivity index (χ3n) is 2.13. The van der Waals surface area contributed by atoms with Crippen molar-refractivity contribution in [3.05, 3.63) is 0 Å². The molecule has 0 saturated carbocycles. The minimum atomic E-state index is -0.492. The summed E-state index contributed by atoms with van der Waals surface area (Å²) in [4.78, 5) is 24.1. The van der Waals surface area contributed by atoms with Crippen LogP contribution in [0.2, 0.25) is 0 Å². The minimum absolute atomic E-state index is 0.00244. The average Bonchev–Trinajstić information content (AvgIpc) is 2.14. The molecule has 0 spiro atoms. The van der Waals surface area contributed by atoms with Gasteiger partial charge in [-0.3, -0.25) is 9.59 Å². The minimum Gasteiger partial charge on any atom is -0.469 e. The van der Waals surface area contributed by atoms with Gasteiger partial charge >= 0.3 is 5.97 Å². The number of ether oxygens (including phenoxy) is 1. The summed E-state index contributed by atoms with van der Waals surface area (Å²) in [6.07, 6.45) is 1.25. The number of amides is 1. The second-order valence-electron chi connectivity index (χ2n) is 4.66. The first-order chi connectivity index (χ1) is 7.26. The zero-order valence-electron chi connectivity index (χ0n) is 10.6. The molecule has 0 aliphatic rings. The molecule has 0 saturated heterocycles. The van der Waals surface area contributed by atoms with E-state index in [1.165, 1.54) is 7.11 Å². The molecule has 0 aliphatic heterocycles. The fourth-order valence-electron chi connectivity index (χ4n) is 1.21. The van der Waals surface area contributed by atoms with E-state index in [4.69, 9.17) is 5.73 Å². The van der Waals surface area contributed by atoms with Gasteiger partial charge in [-0.1, -0.05) is 0 Å². The highest BCUT2D eigenvalue weighted by Crippen LogP contribution is 2.06. The number of esters is 1. The number of carbonyl (C=O) groups excluding carboxylic acids is 2. The van der Waals surface area contributed by atoms with Crippen molar-refractivity contribution in [1.82, 2.24) is 4.90 Å². The molecule has 0 aromatic heterocycles. The Labute approximate surface area is 96.9 Å². The van der Waals surface area contributed by atoms with Crippen molar-refractivity contribution in [2.75, 3.05) is 20.7 Å². The van der Waals surface area contributed by atoms with Gasteiger partial charge in [0.1, 0.15) is 0 Å². The van der Waals surface area contributed by atoms with Crippen LogP contribution in [-0.4, -0.2) is 43.0 Å². The molecule has 94 valence electrons. The molecule has 0 unspecified atom stereocenters. The number of carbonyl (C=O) groups is 2. The predicted octanol–water partition coefficient (Wildman–Crippen LogP) is 0.525. The summed E-state index contributed by atoms with van der Waals surface area (Å²) in [5.74, 6) is -0.252. The number of rotatable bonds is 6. The lowest BCUT2D eigenvalue weighted by molar-refractivity contribution is -0.141. The van der Waals surface area contributed by atoms with Gasteiger partial charge in [0, 0.05) is 32.0 Å².